The molecule has 0 spiro atoms. The van der Waals surface area contributed by atoms with Gasteiger partial charge in [-0.05, 0) is 25.0 Å². The number of nitrogens with zero attached hydrogens (tertiary/aromatic N) is 1. The number of nitrogens with one attached hydrogen (secondary N) is 1. The van der Waals surface area contributed by atoms with Gasteiger partial charge >= 0.3 is 0 Å². The minimum absolute atomic E-state index is 0.210. The summed E-state index contributed by atoms with van der Waals surface area (Å²) in [5.41, 5.74) is 1.68. The van der Waals surface area contributed by atoms with Gasteiger partial charge in [-0.1, -0.05) is 19.1 Å². The number of sulfonamides is 1. The summed E-state index contributed by atoms with van der Waals surface area (Å²) in [4.78, 5) is 0. The Labute approximate surface area is 103 Å². The Hall–Kier alpha value is -1.23. The van der Waals surface area contributed by atoms with Gasteiger partial charge in [0.05, 0.1) is 17.1 Å². The molecule has 0 saturated carbocycles. The lowest BCUT2D eigenvalue weighted by molar-refractivity contribution is 0.589. The van der Waals surface area contributed by atoms with Gasteiger partial charge in [-0.3, -0.25) is 4.31 Å². The van der Waals surface area contributed by atoms with Crippen LogP contribution in [0.1, 0.15) is 19.8 Å². The van der Waals surface area contributed by atoms with E-state index in [4.69, 9.17) is 0 Å². The minimum atomic E-state index is -3.18. The highest BCUT2D eigenvalue weighted by atomic mass is 32.2. The van der Waals surface area contributed by atoms with E-state index in [0.29, 0.717) is 13.0 Å². The van der Waals surface area contributed by atoms with E-state index in [-0.39, 0.29) is 5.75 Å². The van der Waals surface area contributed by atoms with Gasteiger partial charge in [0.15, 0.2) is 0 Å². The third kappa shape index (κ3) is 2.54. The van der Waals surface area contributed by atoms with Crippen LogP contribution in [0, 0.1) is 0 Å². The second kappa shape index (κ2) is 4.96. The molecule has 1 heterocycles. The van der Waals surface area contributed by atoms with Crippen LogP contribution >= 0.6 is 0 Å². The molecule has 1 aromatic carbocycles. The van der Waals surface area contributed by atoms with Crippen molar-refractivity contribution in [3.8, 4) is 0 Å². The summed E-state index contributed by atoms with van der Waals surface area (Å²) >= 11 is 0. The summed E-state index contributed by atoms with van der Waals surface area (Å²) in [5, 5.41) is 3.26. The third-order valence-corrected chi connectivity index (χ3v) is 4.80. The maximum atomic E-state index is 12.2. The van der Waals surface area contributed by atoms with Gasteiger partial charge < -0.3 is 5.32 Å². The molecule has 0 unspecified atom stereocenters. The van der Waals surface area contributed by atoms with Crippen LogP contribution in [0.4, 0.5) is 11.4 Å². The summed E-state index contributed by atoms with van der Waals surface area (Å²) in [6.45, 7) is 3.26. The van der Waals surface area contributed by atoms with Crippen molar-refractivity contribution in [2.45, 2.75) is 19.8 Å². The number of hydrogen-bond acceptors (Lipinski definition) is 3. The molecule has 0 aliphatic carbocycles. The quantitative estimate of drug-likeness (QED) is 0.898. The predicted molar refractivity (Wildman–Crippen MR) is 71.0 cm³/mol. The first-order chi connectivity index (χ1) is 8.15. The van der Waals surface area contributed by atoms with Crippen molar-refractivity contribution < 1.29 is 8.42 Å². The Bertz CT molecular complexity index is 485. The van der Waals surface area contributed by atoms with E-state index in [0.717, 1.165) is 24.3 Å². The molecule has 0 amide bonds. The highest BCUT2D eigenvalue weighted by molar-refractivity contribution is 7.92. The van der Waals surface area contributed by atoms with Gasteiger partial charge in [0.25, 0.3) is 0 Å². The summed E-state index contributed by atoms with van der Waals surface area (Å²) in [7, 11) is -3.18. The van der Waals surface area contributed by atoms with Gasteiger partial charge in [0.1, 0.15) is 0 Å². The molecule has 5 heteroatoms. The number of anilines is 2. The van der Waals surface area contributed by atoms with Gasteiger partial charge in [0, 0.05) is 13.1 Å². The summed E-state index contributed by atoms with van der Waals surface area (Å²) in [6, 6.07) is 7.58. The summed E-state index contributed by atoms with van der Waals surface area (Å²) in [5.74, 6) is 0.210. The molecule has 1 aliphatic rings. The second-order valence-electron chi connectivity index (χ2n) is 4.19. The van der Waals surface area contributed by atoms with Gasteiger partial charge in [0.2, 0.25) is 10.0 Å². The lowest BCUT2D eigenvalue weighted by Gasteiger charge is -2.23. The zero-order valence-corrected chi connectivity index (χ0v) is 10.8. The van der Waals surface area contributed by atoms with E-state index in [9.17, 15) is 8.42 Å². The maximum absolute atomic E-state index is 12.2. The first-order valence-electron chi connectivity index (χ1n) is 5.98. The number of para-hydroxylation sites is 2. The number of fused-ring (bicyclic) bond motifs is 1. The average molecular weight is 254 g/mol. The van der Waals surface area contributed by atoms with Crippen molar-refractivity contribution >= 4 is 21.4 Å². The van der Waals surface area contributed by atoms with Crippen LogP contribution in [0.2, 0.25) is 0 Å². The molecule has 0 atom stereocenters. The Morgan fingerprint density at radius 1 is 1.35 bits per heavy atom. The van der Waals surface area contributed by atoms with Gasteiger partial charge in [-0.2, -0.15) is 0 Å². The SMILES string of the molecule is CCCS(=O)(=O)N1CCCNc2ccccc21. The first-order valence-corrected chi connectivity index (χ1v) is 7.59. The molecular formula is C12H18N2O2S. The molecule has 1 N–H and O–H groups in total. The van der Waals surface area contributed by atoms with Gasteiger partial charge in [-0.15, -0.1) is 0 Å². The number of rotatable bonds is 3. The van der Waals surface area contributed by atoms with Crippen LogP contribution in [-0.4, -0.2) is 27.3 Å². The molecule has 0 aromatic heterocycles. The summed E-state index contributed by atoms with van der Waals surface area (Å²) < 4.78 is 25.9. The first kappa shape index (κ1) is 12.2. The minimum Gasteiger partial charge on any atom is -0.383 e. The fourth-order valence-electron chi connectivity index (χ4n) is 2.06. The fraction of sp³-hybridized carbons (Fsp3) is 0.500. The van der Waals surface area contributed by atoms with Crippen LogP contribution in [0.15, 0.2) is 24.3 Å². The van der Waals surface area contributed by atoms with Crippen molar-refractivity contribution in [1.29, 1.82) is 0 Å². The highest BCUT2D eigenvalue weighted by Gasteiger charge is 2.24. The van der Waals surface area contributed by atoms with Crippen molar-refractivity contribution in [2.24, 2.45) is 0 Å². The van der Waals surface area contributed by atoms with Crippen LogP contribution in [0.5, 0.6) is 0 Å². The van der Waals surface area contributed by atoms with E-state index in [1.807, 2.05) is 31.2 Å². The van der Waals surface area contributed by atoms with Crippen molar-refractivity contribution in [3.63, 3.8) is 0 Å². The van der Waals surface area contributed by atoms with E-state index in [1.54, 1.807) is 4.31 Å². The largest absolute Gasteiger partial charge is 0.383 e. The lowest BCUT2D eigenvalue weighted by atomic mass is 10.2. The molecule has 4 nitrogen and oxygen atoms in total. The molecule has 0 fully saturated rings. The molecule has 94 valence electrons. The van der Waals surface area contributed by atoms with E-state index >= 15 is 0 Å². The van der Waals surface area contributed by atoms with E-state index < -0.39 is 10.0 Å². The zero-order chi connectivity index (χ0) is 12.3. The van der Waals surface area contributed by atoms with Crippen LogP contribution in [0.25, 0.3) is 0 Å². The van der Waals surface area contributed by atoms with Crippen molar-refractivity contribution in [1.82, 2.24) is 0 Å². The van der Waals surface area contributed by atoms with E-state index in [1.165, 1.54) is 0 Å². The Balaban J connectivity index is 2.41. The molecule has 17 heavy (non-hydrogen) atoms. The van der Waals surface area contributed by atoms with Crippen molar-refractivity contribution in [2.75, 3.05) is 28.5 Å². The Morgan fingerprint density at radius 3 is 2.88 bits per heavy atom. The molecular weight excluding hydrogens is 236 g/mol. The van der Waals surface area contributed by atoms with Crippen molar-refractivity contribution in [3.05, 3.63) is 24.3 Å². The van der Waals surface area contributed by atoms with Gasteiger partial charge in [-0.25, -0.2) is 8.42 Å². The molecule has 1 aromatic rings. The highest BCUT2D eigenvalue weighted by Crippen LogP contribution is 2.30. The molecule has 0 radical (unpaired) electrons. The average Bonchev–Trinajstić information content (AvgIpc) is 2.51. The van der Waals surface area contributed by atoms with Crippen LogP contribution in [-0.2, 0) is 10.0 Å². The standard InChI is InChI=1S/C12H18N2O2S/c1-2-10-17(15,16)14-9-5-8-13-11-6-3-4-7-12(11)14/h3-4,6-7,13H,2,5,8-10H2,1H3. The monoisotopic (exact) mass is 254 g/mol. The van der Waals surface area contributed by atoms with Crippen LogP contribution < -0.4 is 9.62 Å². The zero-order valence-electron chi connectivity index (χ0n) is 10.0. The van der Waals surface area contributed by atoms with Crippen LogP contribution in [0.3, 0.4) is 0 Å². The molecule has 0 saturated heterocycles. The third-order valence-electron chi connectivity index (χ3n) is 2.82. The molecule has 0 bridgehead atoms. The molecule has 1 aliphatic heterocycles. The predicted octanol–water partition coefficient (Wildman–Crippen LogP) is 2.05. The topological polar surface area (TPSA) is 49.4 Å². The lowest BCUT2D eigenvalue weighted by Crippen LogP contribution is -2.33. The Morgan fingerprint density at radius 2 is 2.12 bits per heavy atom. The second-order valence-corrected chi connectivity index (χ2v) is 6.20. The van der Waals surface area contributed by atoms with E-state index in [2.05, 4.69) is 5.32 Å². The number of benzene rings is 1. The summed E-state index contributed by atoms with van der Waals surface area (Å²) in [6.07, 6.45) is 1.48. The normalized spacial score (nSPS) is 15.9. The maximum Gasteiger partial charge on any atom is 0.235 e. The smallest absolute Gasteiger partial charge is 0.235 e. The Kier molecular flexibility index (Phi) is 3.57. The fourth-order valence-corrected chi connectivity index (χ4v) is 3.67. The molecule has 2 rings (SSSR count). The number of hydrogen-bond donors (Lipinski definition) is 1.